The van der Waals surface area contributed by atoms with Gasteiger partial charge in [-0.3, -0.25) is 0 Å². The SMILES string of the molecule is CC1=CC=C(N)CC1F. The molecule has 0 aromatic heterocycles. The van der Waals surface area contributed by atoms with Crippen LogP contribution in [0.1, 0.15) is 13.3 Å². The molecule has 1 unspecified atom stereocenters. The second kappa shape index (κ2) is 2.21. The fourth-order valence-electron chi connectivity index (χ4n) is 0.779. The molecule has 1 aliphatic carbocycles. The Bertz CT molecular complexity index is 170. The van der Waals surface area contributed by atoms with Gasteiger partial charge >= 0.3 is 0 Å². The minimum Gasteiger partial charge on any atom is -0.402 e. The summed E-state index contributed by atoms with van der Waals surface area (Å²) in [7, 11) is 0. The van der Waals surface area contributed by atoms with Crippen LogP contribution in [0, 0.1) is 0 Å². The van der Waals surface area contributed by atoms with Crippen LogP contribution in [0.3, 0.4) is 0 Å². The highest BCUT2D eigenvalue weighted by molar-refractivity contribution is 5.24. The molecule has 50 valence electrons. The molecule has 0 aromatic carbocycles. The first-order valence-corrected chi connectivity index (χ1v) is 2.97. The minimum absolute atomic E-state index is 0.363. The Kier molecular flexibility index (Phi) is 1.56. The first-order valence-electron chi connectivity index (χ1n) is 2.97. The molecule has 0 saturated carbocycles. The number of halogens is 1. The van der Waals surface area contributed by atoms with Gasteiger partial charge in [0.25, 0.3) is 0 Å². The van der Waals surface area contributed by atoms with Gasteiger partial charge in [-0.25, -0.2) is 4.39 Å². The van der Waals surface area contributed by atoms with Gasteiger partial charge in [-0.2, -0.15) is 0 Å². The predicted molar refractivity (Wildman–Crippen MR) is 35.5 cm³/mol. The lowest BCUT2D eigenvalue weighted by molar-refractivity contribution is 0.375. The van der Waals surface area contributed by atoms with E-state index in [2.05, 4.69) is 0 Å². The highest BCUT2D eigenvalue weighted by Gasteiger charge is 2.12. The quantitative estimate of drug-likeness (QED) is 0.524. The molecule has 0 heterocycles. The maximum Gasteiger partial charge on any atom is 0.127 e. The number of alkyl halides is 1. The van der Waals surface area contributed by atoms with Crippen molar-refractivity contribution in [3.63, 3.8) is 0 Å². The van der Waals surface area contributed by atoms with E-state index in [0.29, 0.717) is 12.1 Å². The third kappa shape index (κ3) is 1.31. The van der Waals surface area contributed by atoms with Crippen molar-refractivity contribution in [2.45, 2.75) is 19.5 Å². The summed E-state index contributed by atoms with van der Waals surface area (Å²) in [4.78, 5) is 0. The van der Waals surface area contributed by atoms with E-state index in [-0.39, 0.29) is 0 Å². The molecule has 1 nitrogen and oxygen atoms in total. The molecule has 0 amide bonds. The van der Waals surface area contributed by atoms with E-state index in [1.165, 1.54) is 0 Å². The maximum absolute atomic E-state index is 12.6. The van der Waals surface area contributed by atoms with Crippen LogP contribution in [-0.2, 0) is 0 Å². The lowest BCUT2D eigenvalue weighted by atomic mass is 10.0. The molecule has 0 aliphatic heterocycles. The molecule has 1 aliphatic rings. The molecule has 1 atom stereocenters. The number of nitrogens with two attached hydrogens (primary N) is 1. The van der Waals surface area contributed by atoms with Crippen molar-refractivity contribution in [3.05, 3.63) is 23.4 Å². The normalized spacial score (nSPS) is 27.1. The average molecular weight is 127 g/mol. The highest BCUT2D eigenvalue weighted by Crippen LogP contribution is 2.17. The first-order chi connectivity index (χ1) is 4.20. The Morgan fingerprint density at radius 2 is 2.33 bits per heavy atom. The van der Waals surface area contributed by atoms with Crippen molar-refractivity contribution in [2.24, 2.45) is 5.73 Å². The van der Waals surface area contributed by atoms with Gasteiger partial charge in [0.1, 0.15) is 6.17 Å². The van der Waals surface area contributed by atoms with Crippen LogP contribution in [0.4, 0.5) is 4.39 Å². The molecule has 0 fully saturated rings. The van der Waals surface area contributed by atoms with Crippen LogP contribution in [0.15, 0.2) is 23.4 Å². The van der Waals surface area contributed by atoms with Crippen LogP contribution >= 0.6 is 0 Å². The zero-order valence-corrected chi connectivity index (χ0v) is 5.39. The molecule has 0 aromatic rings. The Morgan fingerprint density at radius 1 is 1.67 bits per heavy atom. The van der Waals surface area contributed by atoms with Crippen LogP contribution < -0.4 is 5.73 Å². The van der Waals surface area contributed by atoms with E-state index in [0.717, 1.165) is 5.57 Å². The van der Waals surface area contributed by atoms with Gasteiger partial charge in [-0.05, 0) is 18.6 Å². The lowest BCUT2D eigenvalue weighted by Gasteiger charge is -2.12. The van der Waals surface area contributed by atoms with Gasteiger partial charge in [0.2, 0.25) is 0 Å². The van der Waals surface area contributed by atoms with E-state index >= 15 is 0 Å². The standard InChI is InChI=1S/C7H10FN/c1-5-2-3-6(9)4-7(5)8/h2-3,7H,4,9H2,1H3. The van der Waals surface area contributed by atoms with Crippen molar-refractivity contribution in [1.82, 2.24) is 0 Å². The van der Waals surface area contributed by atoms with Gasteiger partial charge in [0, 0.05) is 12.1 Å². The number of rotatable bonds is 0. The highest BCUT2D eigenvalue weighted by atomic mass is 19.1. The van der Waals surface area contributed by atoms with Crippen molar-refractivity contribution in [2.75, 3.05) is 0 Å². The molecule has 0 saturated heterocycles. The van der Waals surface area contributed by atoms with E-state index in [4.69, 9.17) is 5.73 Å². The first kappa shape index (κ1) is 6.33. The summed E-state index contributed by atoms with van der Waals surface area (Å²) >= 11 is 0. The Hall–Kier alpha value is -0.790. The summed E-state index contributed by atoms with van der Waals surface area (Å²) < 4.78 is 12.6. The van der Waals surface area contributed by atoms with Crippen molar-refractivity contribution in [3.8, 4) is 0 Å². The second-order valence-electron chi connectivity index (χ2n) is 2.32. The third-order valence-corrected chi connectivity index (χ3v) is 1.47. The Labute approximate surface area is 54.0 Å². The zero-order chi connectivity index (χ0) is 6.85. The lowest BCUT2D eigenvalue weighted by Crippen LogP contribution is -2.11. The molecule has 2 N–H and O–H groups in total. The molecular formula is C7H10FN. The third-order valence-electron chi connectivity index (χ3n) is 1.47. The monoisotopic (exact) mass is 127 g/mol. The van der Waals surface area contributed by atoms with Crippen molar-refractivity contribution >= 4 is 0 Å². The molecular weight excluding hydrogens is 117 g/mol. The molecule has 2 heteroatoms. The predicted octanol–water partition coefficient (Wildman–Crippen LogP) is 1.52. The summed E-state index contributed by atoms with van der Waals surface area (Å²) in [6.07, 6.45) is 2.99. The Morgan fingerprint density at radius 3 is 2.78 bits per heavy atom. The van der Waals surface area contributed by atoms with E-state index in [1.807, 2.05) is 0 Å². The maximum atomic E-state index is 12.6. The zero-order valence-electron chi connectivity index (χ0n) is 5.39. The number of hydrogen-bond donors (Lipinski definition) is 1. The van der Waals surface area contributed by atoms with E-state index in [9.17, 15) is 4.39 Å². The fourth-order valence-corrected chi connectivity index (χ4v) is 0.779. The average Bonchev–Trinajstić information content (AvgIpc) is 1.80. The van der Waals surface area contributed by atoms with E-state index < -0.39 is 6.17 Å². The molecule has 9 heavy (non-hydrogen) atoms. The van der Waals surface area contributed by atoms with Gasteiger partial charge in [0.15, 0.2) is 0 Å². The fraction of sp³-hybridized carbons (Fsp3) is 0.429. The van der Waals surface area contributed by atoms with Crippen LogP contribution in [0.2, 0.25) is 0 Å². The van der Waals surface area contributed by atoms with Crippen molar-refractivity contribution < 1.29 is 4.39 Å². The van der Waals surface area contributed by atoms with Gasteiger partial charge < -0.3 is 5.73 Å². The minimum atomic E-state index is -0.852. The van der Waals surface area contributed by atoms with Crippen molar-refractivity contribution in [1.29, 1.82) is 0 Å². The second-order valence-corrected chi connectivity index (χ2v) is 2.32. The summed E-state index contributed by atoms with van der Waals surface area (Å²) in [5, 5.41) is 0. The van der Waals surface area contributed by atoms with Gasteiger partial charge in [-0.1, -0.05) is 6.08 Å². The summed E-state index contributed by atoms with van der Waals surface area (Å²) in [5.74, 6) is 0. The molecule has 0 radical (unpaired) electrons. The molecule has 0 spiro atoms. The van der Waals surface area contributed by atoms with Gasteiger partial charge in [0.05, 0.1) is 0 Å². The largest absolute Gasteiger partial charge is 0.402 e. The number of allylic oxidation sites excluding steroid dienone is 4. The van der Waals surface area contributed by atoms with Crippen LogP contribution in [0.5, 0.6) is 0 Å². The summed E-state index contributed by atoms with van der Waals surface area (Å²) in [6, 6.07) is 0. The topological polar surface area (TPSA) is 26.0 Å². The Balaban J connectivity index is 2.74. The van der Waals surface area contributed by atoms with Crippen LogP contribution in [0.25, 0.3) is 0 Å². The number of hydrogen-bond acceptors (Lipinski definition) is 1. The summed E-state index contributed by atoms with van der Waals surface area (Å²) in [5.41, 5.74) is 6.76. The van der Waals surface area contributed by atoms with Crippen LogP contribution in [-0.4, -0.2) is 6.17 Å². The molecule has 1 rings (SSSR count). The smallest absolute Gasteiger partial charge is 0.127 e. The van der Waals surface area contributed by atoms with E-state index in [1.54, 1.807) is 19.1 Å². The summed E-state index contributed by atoms with van der Waals surface area (Å²) in [6.45, 7) is 1.77. The van der Waals surface area contributed by atoms with Gasteiger partial charge in [-0.15, -0.1) is 0 Å². The molecule has 0 bridgehead atoms.